The maximum Gasteiger partial charge on any atom is 0.452 e. The summed E-state index contributed by atoms with van der Waals surface area (Å²) in [7, 11) is -4.12. The Morgan fingerprint density at radius 1 is 1.14 bits per heavy atom. The molecule has 0 aliphatic rings. The Bertz CT molecular complexity index is 1150. The summed E-state index contributed by atoms with van der Waals surface area (Å²) >= 11 is 7.18. The van der Waals surface area contributed by atoms with Gasteiger partial charge in [0.2, 0.25) is 5.76 Å². The number of thiophene rings is 1. The number of halogens is 4. The monoisotopic (exact) mass is 450 g/mol. The smallest absolute Gasteiger partial charge is 0.351 e. The topological polar surface area (TPSA) is 72.2 Å². The number of nitrogens with one attached hydrogen (secondary N) is 1. The first-order valence-corrected chi connectivity index (χ1v) is 10.5. The van der Waals surface area contributed by atoms with Gasteiger partial charge in [0.05, 0.1) is 5.69 Å². The highest BCUT2D eigenvalue weighted by Crippen LogP contribution is 2.41. The van der Waals surface area contributed by atoms with E-state index in [1.807, 2.05) is 0 Å². The number of hydrogen-bond donors (Lipinski definition) is 1. The molecule has 0 atom stereocenters. The number of sulfonamides is 1. The fourth-order valence-corrected chi connectivity index (χ4v) is 5.78. The maximum absolute atomic E-state index is 13.0. The number of rotatable bonds is 4. The molecule has 0 fully saturated rings. The van der Waals surface area contributed by atoms with Gasteiger partial charge in [-0.1, -0.05) is 22.8 Å². The Morgan fingerprint density at radius 2 is 1.82 bits per heavy atom. The molecule has 0 unspecified atom stereocenters. The highest BCUT2D eigenvalue weighted by Gasteiger charge is 2.37. The normalized spacial score (nSPS) is 12.4. The van der Waals surface area contributed by atoms with Crippen LogP contribution in [0.5, 0.6) is 0 Å². The highest BCUT2D eigenvalue weighted by atomic mass is 35.5. The largest absolute Gasteiger partial charge is 0.452 e. The zero-order chi connectivity index (χ0) is 20.9. The fourth-order valence-electron chi connectivity index (χ4n) is 2.67. The first-order valence-electron chi connectivity index (χ1n) is 7.83. The third-order valence-electron chi connectivity index (χ3n) is 3.94. The van der Waals surface area contributed by atoms with E-state index in [2.05, 4.69) is 14.4 Å². The fraction of sp³-hybridized carbons (Fsp3) is 0.235. The molecule has 3 aromatic rings. The first kappa shape index (κ1) is 20.7. The molecule has 0 aliphatic heterocycles. The van der Waals surface area contributed by atoms with E-state index in [1.54, 1.807) is 32.9 Å². The predicted octanol–water partition coefficient (Wildman–Crippen LogP) is 5.80. The van der Waals surface area contributed by atoms with E-state index in [4.69, 9.17) is 11.6 Å². The van der Waals surface area contributed by atoms with Crippen LogP contribution in [0, 0.1) is 20.8 Å². The molecule has 2 aromatic heterocycles. The average Bonchev–Trinajstić information content (AvgIpc) is 3.14. The van der Waals surface area contributed by atoms with Gasteiger partial charge >= 0.3 is 6.18 Å². The zero-order valence-electron chi connectivity index (χ0n) is 14.8. The standard InChI is InChI=1S/C17H14ClF3N2O3S2/c1-8-4-5-11(6-12(8)18)23-28(24,25)16-10(3)27-9(2)15(16)13-7-14(26-22-13)17(19,20)21/h4-7,23H,1-3H3. The number of alkyl halides is 3. The Morgan fingerprint density at radius 3 is 2.39 bits per heavy atom. The van der Waals surface area contributed by atoms with Gasteiger partial charge in [0, 0.05) is 26.4 Å². The van der Waals surface area contributed by atoms with Crippen LogP contribution in [0.25, 0.3) is 11.3 Å². The van der Waals surface area contributed by atoms with Gasteiger partial charge in [-0.15, -0.1) is 11.3 Å². The lowest BCUT2D eigenvalue weighted by molar-refractivity contribution is -0.155. The minimum absolute atomic E-state index is 0.0764. The molecule has 0 saturated carbocycles. The van der Waals surface area contributed by atoms with Crippen LogP contribution in [0.4, 0.5) is 18.9 Å². The van der Waals surface area contributed by atoms with Gasteiger partial charge < -0.3 is 4.52 Å². The molecule has 3 rings (SSSR count). The molecule has 0 bridgehead atoms. The highest BCUT2D eigenvalue weighted by molar-refractivity contribution is 7.93. The van der Waals surface area contributed by atoms with E-state index in [-0.39, 0.29) is 21.8 Å². The van der Waals surface area contributed by atoms with Crippen LogP contribution in [0.2, 0.25) is 5.02 Å². The van der Waals surface area contributed by atoms with Crippen molar-refractivity contribution < 1.29 is 26.1 Å². The average molecular weight is 451 g/mol. The molecule has 11 heteroatoms. The van der Waals surface area contributed by atoms with Gasteiger partial charge in [0.15, 0.2) is 0 Å². The van der Waals surface area contributed by atoms with Crippen LogP contribution in [0.1, 0.15) is 21.1 Å². The Balaban J connectivity index is 2.09. The van der Waals surface area contributed by atoms with Crippen LogP contribution < -0.4 is 4.72 Å². The molecule has 0 aliphatic carbocycles. The minimum Gasteiger partial charge on any atom is -0.351 e. The van der Waals surface area contributed by atoms with Crippen molar-refractivity contribution in [1.82, 2.24) is 5.16 Å². The van der Waals surface area contributed by atoms with E-state index in [1.165, 1.54) is 6.07 Å². The molecule has 0 spiro atoms. The van der Waals surface area contributed by atoms with Gasteiger partial charge in [-0.25, -0.2) is 8.42 Å². The molecule has 5 nitrogen and oxygen atoms in total. The van der Waals surface area contributed by atoms with Gasteiger partial charge in [0.1, 0.15) is 10.6 Å². The number of hydrogen-bond acceptors (Lipinski definition) is 5. The quantitative estimate of drug-likeness (QED) is 0.545. The summed E-state index contributed by atoms with van der Waals surface area (Å²) in [6, 6.07) is 5.35. The molecule has 1 N–H and O–H groups in total. The molecule has 2 heterocycles. The second-order valence-corrected chi connectivity index (χ2v) is 9.52. The number of nitrogens with zero attached hydrogens (tertiary/aromatic N) is 1. The van der Waals surface area contributed by atoms with Crippen molar-refractivity contribution in [3.63, 3.8) is 0 Å². The molecule has 0 amide bonds. The zero-order valence-corrected chi connectivity index (χ0v) is 17.2. The summed E-state index contributed by atoms with van der Waals surface area (Å²) in [6.07, 6.45) is -4.72. The molecule has 28 heavy (non-hydrogen) atoms. The van der Waals surface area contributed by atoms with Crippen molar-refractivity contribution in [3.05, 3.63) is 50.4 Å². The van der Waals surface area contributed by atoms with Crippen LogP contribution in [-0.2, 0) is 16.2 Å². The van der Waals surface area contributed by atoms with Crippen molar-refractivity contribution in [1.29, 1.82) is 0 Å². The molecular weight excluding hydrogens is 437 g/mol. The van der Waals surface area contributed by atoms with Gasteiger partial charge in [-0.05, 0) is 38.5 Å². The molecule has 0 radical (unpaired) electrons. The van der Waals surface area contributed by atoms with Gasteiger partial charge in [0.25, 0.3) is 10.0 Å². The lowest BCUT2D eigenvalue weighted by atomic mass is 10.1. The second kappa shape index (κ2) is 7.09. The lowest BCUT2D eigenvalue weighted by Gasteiger charge is -2.11. The summed E-state index contributed by atoms with van der Waals surface area (Å²) in [5.41, 5.74) is 0.889. The summed E-state index contributed by atoms with van der Waals surface area (Å²) in [6.45, 7) is 4.95. The Kier molecular flexibility index (Phi) is 5.24. The van der Waals surface area contributed by atoms with E-state index < -0.39 is 22.0 Å². The number of benzene rings is 1. The first-order chi connectivity index (χ1) is 12.9. The summed E-state index contributed by atoms with van der Waals surface area (Å²) in [5.74, 6) is -1.30. The van der Waals surface area contributed by atoms with E-state index >= 15 is 0 Å². The maximum atomic E-state index is 13.0. The van der Waals surface area contributed by atoms with E-state index in [0.29, 0.717) is 20.8 Å². The molecule has 150 valence electrons. The van der Waals surface area contributed by atoms with Crippen molar-refractivity contribution >= 4 is 38.6 Å². The van der Waals surface area contributed by atoms with Crippen molar-refractivity contribution in [2.24, 2.45) is 0 Å². The summed E-state index contributed by atoms with van der Waals surface area (Å²) in [5, 5.41) is 3.81. The SMILES string of the molecule is Cc1ccc(NS(=O)(=O)c2c(C)sc(C)c2-c2cc(C(F)(F)F)on2)cc1Cl. The lowest BCUT2D eigenvalue weighted by Crippen LogP contribution is -2.14. The van der Waals surface area contributed by atoms with Crippen molar-refractivity contribution in [2.75, 3.05) is 4.72 Å². The molecular formula is C17H14ClF3N2O3S2. The predicted molar refractivity (Wildman–Crippen MR) is 101 cm³/mol. The van der Waals surface area contributed by atoms with Gasteiger partial charge in [-0.2, -0.15) is 13.2 Å². The van der Waals surface area contributed by atoms with Crippen molar-refractivity contribution in [3.8, 4) is 11.3 Å². The number of anilines is 1. The van der Waals surface area contributed by atoms with Gasteiger partial charge in [-0.3, -0.25) is 4.72 Å². The Labute approximate surface area is 168 Å². The molecule has 0 saturated heterocycles. The third-order valence-corrected chi connectivity index (χ3v) is 7.05. The number of aryl methyl sites for hydroxylation is 3. The van der Waals surface area contributed by atoms with Crippen molar-refractivity contribution in [2.45, 2.75) is 31.8 Å². The van der Waals surface area contributed by atoms with Crippen LogP contribution >= 0.6 is 22.9 Å². The van der Waals surface area contributed by atoms with E-state index in [9.17, 15) is 21.6 Å². The van der Waals surface area contributed by atoms with Crippen LogP contribution in [-0.4, -0.2) is 13.6 Å². The third kappa shape index (κ3) is 3.89. The van der Waals surface area contributed by atoms with Crippen LogP contribution in [0.3, 0.4) is 0 Å². The minimum atomic E-state index is -4.72. The van der Waals surface area contributed by atoms with E-state index in [0.717, 1.165) is 16.9 Å². The van der Waals surface area contributed by atoms with Crippen LogP contribution in [0.15, 0.2) is 33.7 Å². The second-order valence-electron chi connectivity index (χ2n) is 6.06. The molecule has 1 aromatic carbocycles. The Hall–Kier alpha value is -2.04. The summed E-state index contributed by atoms with van der Waals surface area (Å²) < 4.78 is 71.3. The summed E-state index contributed by atoms with van der Waals surface area (Å²) in [4.78, 5) is 0.769. The number of aromatic nitrogens is 1.